The minimum absolute atomic E-state index is 0.180. The molecule has 0 saturated heterocycles. The summed E-state index contributed by atoms with van der Waals surface area (Å²) in [6, 6.07) is 11.3. The van der Waals surface area contributed by atoms with Crippen molar-refractivity contribution in [3.8, 4) is 5.75 Å². The largest absolute Gasteiger partial charge is 0.507 e. The van der Waals surface area contributed by atoms with Gasteiger partial charge in [-0.1, -0.05) is 36.4 Å². The van der Waals surface area contributed by atoms with Crippen LogP contribution in [0.5, 0.6) is 5.75 Å². The fourth-order valence-corrected chi connectivity index (χ4v) is 1.92. The average molecular weight is 285 g/mol. The molecule has 5 heteroatoms. The lowest BCUT2D eigenvalue weighted by molar-refractivity contribution is 0.475. The molecule has 102 valence electrons. The molecule has 0 heterocycles. The molecule has 0 aliphatic rings. The molecule has 0 atom stereocenters. The van der Waals surface area contributed by atoms with Crippen LogP contribution in [0.15, 0.2) is 54.2 Å². The number of nitrogens with zero attached hydrogens (tertiary/aromatic N) is 1. The maximum atomic E-state index is 9.93. The number of benzene rings is 2. The quantitative estimate of drug-likeness (QED) is 0.350. The molecule has 0 aromatic heterocycles. The Morgan fingerprint density at radius 1 is 1.30 bits per heavy atom. The Hall–Kier alpha value is -2.40. The van der Waals surface area contributed by atoms with Crippen molar-refractivity contribution >= 4 is 34.3 Å². The second kappa shape index (κ2) is 6.68. The zero-order chi connectivity index (χ0) is 14.4. The van der Waals surface area contributed by atoms with Gasteiger partial charge in [0.15, 0.2) is 5.11 Å². The molecule has 0 saturated carbocycles. The van der Waals surface area contributed by atoms with Crippen molar-refractivity contribution in [1.82, 2.24) is 10.7 Å². The van der Waals surface area contributed by atoms with Gasteiger partial charge in [0.2, 0.25) is 0 Å². The summed E-state index contributed by atoms with van der Waals surface area (Å²) in [5, 5.41) is 19.2. The number of nitrogens with one attached hydrogen (secondary N) is 2. The molecule has 2 aromatic carbocycles. The van der Waals surface area contributed by atoms with Gasteiger partial charge in [0, 0.05) is 12.1 Å². The van der Waals surface area contributed by atoms with Gasteiger partial charge < -0.3 is 10.4 Å². The number of hydrogen-bond acceptors (Lipinski definition) is 3. The molecule has 2 aromatic rings. The van der Waals surface area contributed by atoms with Crippen molar-refractivity contribution in [1.29, 1.82) is 0 Å². The Balaban J connectivity index is 2.18. The molecule has 0 aliphatic heterocycles. The van der Waals surface area contributed by atoms with Gasteiger partial charge in [-0.3, -0.25) is 5.43 Å². The number of aromatic hydroxyl groups is 1. The van der Waals surface area contributed by atoms with E-state index in [0.717, 1.165) is 10.8 Å². The zero-order valence-corrected chi connectivity index (χ0v) is 11.7. The zero-order valence-electron chi connectivity index (χ0n) is 10.8. The number of phenols is 1. The number of fused-ring (bicyclic) bond motifs is 1. The minimum Gasteiger partial charge on any atom is -0.507 e. The Morgan fingerprint density at radius 3 is 2.90 bits per heavy atom. The summed E-state index contributed by atoms with van der Waals surface area (Å²) in [6.45, 7) is 4.16. The van der Waals surface area contributed by atoms with Gasteiger partial charge in [-0.2, -0.15) is 5.10 Å². The van der Waals surface area contributed by atoms with E-state index >= 15 is 0 Å². The summed E-state index contributed by atoms with van der Waals surface area (Å²) in [7, 11) is 0. The Kier molecular flexibility index (Phi) is 4.68. The highest BCUT2D eigenvalue weighted by Crippen LogP contribution is 2.25. The molecule has 4 nitrogen and oxygen atoms in total. The Labute approximate surface area is 122 Å². The van der Waals surface area contributed by atoms with Crippen LogP contribution < -0.4 is 10.7 Å². The van der Waals surface area contributed by atoms with Crippen molar-refractivity contribution in [2.24, 2.45) is 5.10 Å². The molecule has 2 rings (SSSR count). The molecular formula is C15H15N3OS. The molecule has 3 N–H and O–H groups in total. The van der Waals surface area contributed by atoms with Gasteiger partial charge in [-0.05, 0) is 29.1 Å². The van der Waals surface area contributed by atoms with Crippen LogP contribution in [0.2, 0.25) is 0 Å². The van der Waals surface area contributed by atoms with Crippen LogP contribution in [0.3, 0.4) is 0 Å². The van der Waals surface area contributed by atoms with E-state index in [0.29, 0.717) is 17.2 Å². The molecule has 20 heavy (non-hydrogen) atoms. The third kappa shape index (κ3) is 3.33. The normalized spacial score (nSPS) is 10.6. The van der Waals surface area contributed by atoms with E-state index in [1.165, 1.54) is 0 Å². The van der Waals surface area contributed by atoms with Gasteiger partial charge in [0.25, 0.3) is 0 Å². The van der Waals surface area contributed by atoms with E-state index in [1.807, 2.05) is 30.3 Å². The third-order valence-corrected chi connectivity index (χ3v) is 2.95. The van der Waals surface area contributed by atoms with Crippen LogP contribution in [-0.4, -0.2) is 23.0 Å². The van der Waals surface area contributed by atoms with Crippen molar-refractivity contribution in [2.75, 3.05) is 6.54 Å². The highest BCUT2D eigenvalue weighted by molar-refractivity contribution is 7.80. The number of phenolic OH excluding ortho intramolecular Hbond substituents is 1. The topological polar surface area (TPSA) is 56.7 Å². The first-order chi connectivity index (χ1) is 9.72. The van der Waals surface area contributed by atoms with Crippen LogP contribution >= 0.6 is 12.2 Å². The monoisotopic (exact) mass is 285 g/mol. The molecule has 0 unspecified atom stereocenters. The molecule has 0 radical (unpaired) electrons. The first-order valence-electron chi connectivity index (χ1n) is 6.11. The number of hydrogen-bond donors (Lipinski definition) is 3. The molecule has 0 spiro atoms. The van der Waals surface area contributed by atoms with Gasteiger partial charge in [-0.15, -0.1) is 6.58 Å². The van der Waals surface area contributed by atoms with Crippen molar-refractivity contribution in [3.63, 3.8) is 0 Å². The van der Waals surface area contributed by atoms with Crippen LogP contribution in [0, 0.1) is 0 Å². The Bertz CT molecular complexity index is 667. The summed E-state index contributed by atoms with van der Waals surface area (Å²) in [5.74, 6) is 0.180. The average Bonchev–Trinajstić information content (AvgIpc) is 2.47. The van der Waals surface area contributed by atoms with E-state index in [-0.39, 0.29) is 5.75 Å². The van der Waals surface area contributed by atoms with Crippen LogP contribution in [0.25, 0.3) is 10.8 Å². The van der Waals surface area contributed by atoms with Crippen LogP contribution in [0.4, 0.5) is 0 Å². The molecule has 0 bridgehead atoms. The standard InChI is InChI=1S/C15H15N3OS/c1-2-9-16-15(20)18-17-10-13-12-6-4-3-5-11(12)7-8-14(13)19/h2-8,10,19H,1,9H2,(H2,16,18,20). The number of thiocarbonyl (C=S) groups is 1. The molecular weight excluding hydrogens is 270 g/mol. The smallest absolute Gasteiger partial charge is 0.187 e. The maximum absolute atomic E-state index is 9.93. The van der Waals surface area contributed by atoms with Crippen molar-refractivity contribution < 1.29 is 5.11 Å². The summed E-state index contributed by atoms with van der Waals surface area (Å²) in [4.78, 5) is 0. The van der Waals surface area contributed by atoms with Gasteiger partial charge in [-0.25, -0.2) is 0 Å². The molecule has 0 fully saturated rings. The highest BCUT2D eigenvalue weighted by atomic mass is 32.1. The first-order valence-corrected chi connectivity index (χ1v) is 6.51. The van der Waals surface area contributed by atoms with E-state index in [2.05, 4.69) is 22.4 Å². The van der Waals surface area contributed by atoms with Gasteiger partial charge >= 0.3 is 0 Å². The SMILES string of the molecule is C=CCNC(=S)NN=Cc1c(O)ccc2ccccc12. The van der Waals surface area contributed by atoms with Crippen LogP contribution in [-0.2, 0) is 0 Å². The van der Waals surface area contributed by atoms with E-state index in [1.54, 1.807) is 18.4 Å². The number of rotatable bonds is 4. The second-order valence-electron chi connectivity index (χ2n) is 4.09. The summed E-state index contributed by atoms with van der Waals surface area (Å²) < 4.78 is 0. The summed E-state index contributed by atoms with van der Waals surface area (Å²) in [6.07, 6.45) is 3.26. The summed E-state index contributed by atoms with van der Waals surface area (Å²) >= 11 is 5.02. The summed E-state index contributed by atoms with van der Waals surface area (Å²) in [5.41, 5.74) is 3.34. The first kappa shape index (κ1) is 14.0. The highest BCUT2D eigenvalue weighted by Gasteiger charge is 2.03. The van der Waals surface area contributed by atoms with Gasteiger partial charge in [0.05, 0.1) is 6.21 Å². The van der Waals surface area contributed by atoms with Crippen molar-refractivity contribution in [2.45, 2.75) is 0 Å². The lowest BCUT2D eigenvalue weighted by Gasteiger charge is -2.06. The maximum Gasteiger partial charge on any atom is 0.187 e. The fourth-order valence-electron chi connectivity index (χ4n) is 1.78. The Morgan fingerprint density at radius 2 is 2.10 bits per heavy atom. The van der Waals surface area contributed by atoms with E-state index in [4.69, 9.17) is 12.2 Å². The minimum atomic E-state index is 0.180. The second-order valence-corrected chi connectivity index (χ2v) is 4.50. The molecule has 0 amide bonds. The van der Waals surface area contributed by atoms with Crippen molar-refractivity contribution in [3.05, 3.63) is 54.6 Å². The predicted molar refractivity (Wildman–Crippen MR) is 87.1 cm³/mol. The lowest BCUT2D eigenvalue weighted by Crippen LogP contribution is -2.31. The third-order valence-electron chi connectivity index (χ3n) is 2.71. The fraction of sp³-hybridized carbons (Fsp3) is 0.0667. The van der Waals surface area contributed by atoms with Crippen LogP contribution in [0.1, 0.15) is 5.56 Å². The predicted octanol–water partition coefficient (Wildman–Crippen LogP) is 2.53. The lowest BCUT2D eigenvalue weighted by atomic mass is 10.0. The number of hydrazone groups is 1. The van der Waals surface area contributed by atoms with E-state index in [9.17, 15) is 5.11 Å². The molecule has 0 aliphatic carbocycles. The van der Waals surface area contributed by atoms with Gasteiger partial charge in [0.1, 0.15) is 5.75 Å². The van der Waals surface area contributed by atoms with E-state index < -0.39 is 0 Å².